The molecule has 0 spiro atoms. The molecule has 0 aromatic rings. The molecular formula is C10H9NO. The summed E-state index contributed by atoms with van der Waals surface area (Å²) in [5.74, 6) is 0.0755. The SMILES string of the molecule is O=C1C=CC=C2NCC=CC=C12. The molecule has 2 nitrogen and oxygen atoms in total. The standard InChI is InChI=1S/C10H9NO/c12-10-6-3-5-9-8(10)4-1-2-7-11-9/h1-6,11H,7H2. The summed E-state index contributed by atoms with van der Waals surface area (Å²) < 4.78 is 0. The van der Waals surface area contributed by atoms with Gasteiger partial charge in [0.05, 0.1) is 0 Å². The van der Waals surface area contributed by atoms with E-state index in [0.717, 1.165) is 17.8 Å². The molecular weight excluding hydrogens is 150 g/mol. The molecule has 12 heavy (non-hydrogen) atoms. The fourth-order valence-corrected chi connectivity index (χ4v) is 1.27. The molecule has 1 heterocycles. The lowest BCUT2D eigenvalue weighted by molar-refractivity contribution is -0.111. The van der Waals surface area contributed by atoms with Crippen molar-refractivity contribution in [3.05, 3.63) is 47.7 Å². The lowest BCUT2D eigenvalue weighted by Crippen LogP contribution is -2.18. The van der Waals surface area contributed by atoms with Crippen molar-refractivity contribution in [2.45, 2.75) is 0 Å². The van der Waals surface area contributed by atoms with E-state index in [1.54, 1.807) is 12.2 Å². The Morgan fingerprint density at radius 1 is 1.25 bits per heavy atom. The zero-order valence-electron chi connectivity index (χ0n) is 6.58. The summed E-state index contributed by atoms with van der Waals surface area (Å²) in [5.41, 5.74) is 1.68. The zero-order valence-corrected chi connectivity index (χ0v) is 6.58. The quantitative estimate of drug-likeness (QED) is 0.573. The van der Waals surface area contributed by atoms with Crippen molar-refractivity contribution < 1.29 is 4.79 Å². The summed E-state index contributed by atoms with van der Waals surface area (Å²) >= 11 is 0. The Labute approximate surface area is 71.0 Å². The van der Waals surface area contributed by atoms with E-state index in [1.807, 2.05) is 24.3 Å². The van der Waals surface area contributed by atoms with Gasteiger partial charge in [-0.2, -0.15) is 0 Å². The van der Waals surface area contributed by atoms with Crippen LogP contribution in [0.5, 0.6) is 0 Å². The van der Waals surface area contributed by atoms with Crippen LogP contribution in [0.15, 0.2) is 47.7 Å². The molecule has 1 N–H and O–H groups in total. The number of hydrogen-bond donors (Lipinski definition) is 1. The minimum Gasteiger partial charge on any atom is -0.381 e. The van der Waals surface area contributed by atoms with Crippen LogP contribution in [0.25, 0.3) is 0 Å². The van der Waals surface area contributed by atoms with Crippen LogP contribution in [-0.2, 0) is 4.79 Å². The molecule has 1 aliphatic carbocycles. The number of ketones is 1. The van der Waals surface area contributed by atoms with E-state index in [1.165, 1.54) is 0 Å². The second-order valence-electron chi connectivity index (χ2n) is 2.69. The van der Waals surface area contributed by atoms with E-state index in [9.17, 15) is 4.79 Å². The number of fused-ring (bicyclic) bond motifs is 1. The van der Waals surface area contributed by atoms with Crippen LogP contribution in [0.3, 0.4) is 0 Å². The molecule has 0 saturated heterocycles. The van der Waals surface area contributed by atoms with Gasteiger partial charge in [0.25, 0.3) is 0 Å². The minimum absolute atomic E-state index is 0.0755. The van der Waals surface area contributed by atoms with Crippen molar-refractivity contribution in [3.8, 4) is 0 Å². The summed E-state index contributed by atoms with van der Waals surface area (Å²) in [6.07, 6.45) is 11.0. The maximum Gasteiger partial charge on any atom is 0.187 e. The molecule has 2 aliphatic rings. The smallest absolute Gasteiger partial charge is 0.187 e. The predicted molar refractivity (Wildman–Crippen MR) is 47.5 cm³/mol. The minimum atomic E-state index is 0.0755. The van der Waals surface area contributed by atoms with Gasteiger partial charge in [0.1, 0.15) is 0 Å². The first-order valence-corrected chi connectivity index (χ1v) is 3.92. The number of allylic oxidation sites excluding steroid dienone is 6. The van der Waals surface area contributed by atoms with Crippen molar-refractivity contribution in [2.75, 3.05) is 6.54 Å². The van der Waals surface area contributed by atoms with Gasteiger partial charge in [0.2, 0.25) is 0 Å². The third-order valence-corrected chi connectivity index (χ3v) is 1.88. The van der Waals surface area contributed by atoms with Crippen LogP contribution in [0, 0.1) is 0 Å². The Balaban J connectivity index is 2.43. The first-order valence-electron chi connectivity index (χ1n) is 3.92. The molecule has 0 unspecified atom stereocenters. The van der Waals surface area contributed by atoms with Gasteiger partial charge in [-0.1, -0.05) is 18.2 Å². The molecule has 0 aromatic heterocycles. The molecule has 0 aromatic carbocycles. The van der Waals surface area contributed by atoms with Crippen LogP contribution < -0.4 is 5.32 Å². The van der Waals surface area contributed by atoms with Crippen molar-refractivity contribution >= 4 is 5.78 Å². The first-order chi connectivity index (χ1) is 5.88. The number of rotatable bonds is 0. The van der Waals surface area contributed by atoms with E-state index >= 15 is 0 Å². The Morgan fingerprint density at radius 3 is 3.08 bits per heavy atom. The zero-order chi connectivity index (χ0) is 8.39. The highest BCUT2D eigenvalue weighted by atomic mass is 16.1. The molecule has 0 bridgehead atoms. The molecule has 2 rings (SSSR count). The van der Waals surface area contributed by atoms with E-state index < -0.39 is 0 Å². The van der Waals surface area contributed by atoms with Crippen LogP contribution in [0.1, 0.15) is 0 Å². The normalized spacial score (nSPS) is 20.5. The van der Waals surface area contributed by atoms with Crippen molar-refractivity contribution in [2.24, 2.45) is 0 Å². The monoisotopic (exact) mass is 159 g/mol. The molecule has 0 atom stereocenters. The van der Waals surface area contributed by atoms with Gasteiger partial charge in [0.15, 0.2) is 5.78 Å². The second-order valence-corrected chi connectivity index (χ2v) is 2.69. The Morgan fingerprint density at radius 2 is 2.17 bits per heavy atom. The third kappa shape index (κ3) is 1.11. The molecule has 60 valence electrons. The summed E-state index contributed by atoms with van der Waals surface area (Å²) in [6, 6.07) is 0. The highest BCUT2D eigenvalue weighted by Gasteiger charge is 2.14. The highest BCUT2D eigenvalue weighted by Crippen LogP contribution is 2.15. The summed E-state index contributed by atoms with van der Waals surface area (Å²) in [7, 11) is 0. The summed E-state index contributed by atoms with van der Waals surface area (Å²) in [5, 5.41) is 3.15. The molecule has 0 fully saturated rings. The lowest BCUT2D eigenvalue weighted by atomic mass is 10.0. The van der Waals surface area contributed by atoms with Gasteiger partial charge in [-0.25, -0.2) is 0 Å². The van der Waals surface area contributed by atoms with E-state index in [4.69, 9.17) is 0 Å². The van der Waals surface area contributed by atoms with E-state index in [-0.39, 0.29) is 5.78 Å². The van der Waals surface area contributed by atoms with E-state index in [0.29, 0.717) is 0 Å². The van der Waals surface area contributed by atoms with Gasteiger partial charge >= 0.3 is 0 Å². The molecule has 0 amide bonds. The van der Waals surface area contributed by atoms with Gasteiger partial charge in [-0.3, -0.25) is 4.79 Å². The maximum absolute atomic E-state index is 11.3. The Bertz CT molecular complexity index is 332. The summed E-state index contributed by atoms with van der Waals surface area (Å²) in [4.78, 5) is 11.3. The second kappa shape index (κ2) is 2.81. The van der Waals surface area contributed by atoms with Gasteiger partial charge in [-0.15, -0.1) is 0 Å². The average molecular weight is 159 g/mol. The topological polar surface area (TPSA) is 29.1 Å². The Kier molecular flexibility index (Phi) is 1.67. The number of carbonyl (C=O) groups excluding carboxylic acids is 1. The molecule has 1 aliphatic heterocycles. The fraction of sp³-hybridized carbons (Fsp3) is 0.100. The van der Waals surface area contributed by atoms with E-state index in [2.05, 4.69) is 5.32 Å². The lowest BCUT2D eigenvalue weighted by Gasteiger charge is -2.11. The fourth-order valence-electron chi connectivity index (χ4n) is 1.27. The van der Waals surface area contributed by atoms with Gasteiger partial charge in [0, 0.05) is 17.8 Å². The average Bonchev–Trinajstić information content (AvgIpc) is 2.30. The molecule has 0 saturated carbocycles. The van der Waals surface area contributed by atoms with Crippen LogP contribution in [0.2, 0.25) is 0 Å². The van der Waals surface area contributed by atoms with Crippen LogP contribution >= 0.6 is 0 Å². The number of hydrogen-bond acceptors (Lipinski definition) is 2. The maximum atomic E-state index is 11.3. The first kappa shape index (κ1) is 7.10. The van der Waals surface area contributed by atoms with Gasteiger partial charge < -0.3 is 5.32 Å². The van der Waals surface area contributed by atoms with Crippen LogP contribution in [0.4, 0.5) is 0 Å². The molecule has 2 heteroatoms. The number of carbonyl (C=O) groups is 1. The molecule has 0 radical (unpaired) electrons. The number of nitrogens with one attached hydrogen (secondary N) is 1. The summed E-state index contributed by atoms with van der Waals surface area (Å²) in [6.45, 7) is 0.785. The third-order valence-electron chi connectivity index (χ3n) is 1.88. The van der Waals surface area contributed by atoms with Crippen LogP contribution in [-0.4, -0.2) is 12.3 Å². The Hall–Kier alpha value is -1.57. The highest BCUT2D eigenvalue weighted by molar-refractivity contribution is 6.08. The largest absolute Gasteiger partial charge is 0.381 e. The van der Waals surface area contributed by atoms with Crippen molar-refractivity contribution in [1.29, 1.82) is 0 Å². The van der Waals surface area contributed by atoms with Gasteiger partial charge in [-0.05, 0) is 18.2 Å². The predicted octanol–water partition coefficient (Wildman–Crippen LogP) is 1.09. The van der Waals surface area contributed by atoms with Crippen molar-refractivity contribution in [3.63, 3.8) is 0 Å². The van der Waals surface area contributed by atoms with Crippen molar-refractivity contribution in [1.82, 2.24) is 5.32 Å².